The number of imidazole rings is 1. The molecule has 1 unspecified atom stereocenters. The SMILES string of the molecule is O=[N+]([O-])c1cnc2ccc(NC3CCN(c4ccc(F)c(Cl)c4)C3)nn12. The van der Waals surface area contributed by atoms with Gasteiger partial charge in [-0.2, -0.15) is 0 Å². The van der Waals surface area contributed by atoms with Crippen molar-refractivity contribution in [2.45, 2.75) is 12.5 Å². The number of anilines is 2. The Morgan fingerprint density at radius 2 is 2.19 bits per heavy atom. The number of rotatable bonds is 4. The molecule has 0 spiro atoms. The normalized spacial score (nSPS) is 17.0. The van der Waals surface area contributed by atoms with Crippen molar-refractivity contribution in [1.82, 2.24) is 14.6 Å². The van der Waals surface area contributed by atoms with Gasteiger partial charge in [-0.15, -0.1) is 0 Å². The Kier molecular flexibility index (Phi) is 4.08. The summed E-state index contributed by atoms with van der Waals surface area (Å²) in [5.41, 5.74) is 1.27. The number of benzene rings is 1. The van der Waals surface area contributed by atoms with Crippen LogP contribution in [0.5, 0.6) is 0 Å². The summed E-state index contributed by atoms with van der Waals surface area (Å²) in [6, 6.07) is 8.18. The first-order valence-electron chi connectivity index (χ1n) is 7.97. The molecule has 1 aliphatic heterocycles. The largest absolute Gasteiger partial charge is 0.369 e. The fraction of sp³-hybridized carbons (Fsp3) is 0.250. The van der Waals surface area contributed by atoms with E-state index >= 15 is 0 Å². The average Bonchev–Trinajstić information content (AvgIpc) is 3.24. The van der Waals surface area contributed by atoms with Crippen LogP contribution >= 0.6 is 11.6 Å². The van der Waals surface area contributed by atoms with Gasteiger partial charge in [0.05, 0.1) is 5.02 Å². The third kappa shape index (κ3) is 3.01. The van der Waals surface area contributed by atoms with Gasteiger partial charge >= 0.3 is 5.82 Å². The van der Waals surface area contributed by atoms with E-state index in [2.05, 4.69) is 20.3 Å². The van der Waals surface area contributed by atoms with E-state index in [0.29, 0.717) is 18.0 Å². The molecule has 0 saturated carbocycles. The molecule has 2 aromatic heterocycles. The van der Waals surface area contributed by atoms with Gasteiger partial charge in [0.1, 0.15) is 12.0 Å². The molecule has 1 saturated heterocycles. The molecule has 0 bridgehead atoms. The molecule has 134 valence electrons. The van der Waals surface area contributed by atoms with Crippen molar-refractivity contribution >= 4 is 34.6 Å². The van der Waals surface area contributed by atoms with Crippen LogP contribution in [0.4, 0.5) is 21.7 Å². The molecule has 26 heavy (non-hydrogen) atoms. The molecule has 1 atom stereocenters. The number of nitro groups is 1. The second kappa shape index (κ2) is 6.41. The quantitative estimate of drug-likeness (QED) is 0.556. The van der Waals surface area contributed by atoms with E-state index in [1.807, 2.05) is 0 Å². The molecule has 8 nitrogen and oxygen atoms in total. The molecule has 1 aromatic carbocycles. The summed E-state index contributed by atoms with van der Waals surface area (Å²) in [7, 11) is 0. The molecule has 0 aliphatic carbocycles. The van der Waals surface area contributed by atoms with Crippen molar-refractivity contribution < 1.29 is 9.31 Å². The van der Waals surface area contributed by atoms with Crippen LogP contribution in [0.15, 0.2) is 36.5 Å². The third-order valence-corrected chi connectivity index (χ3v) is 4.63. The monoisotopic (exact) mass is 376 g/mol. The molecule has 0 radical (unpaired) electrons. The summed E-state index contributed by atoms with van der Waals surface area (Å²) in [4.78, 5) is 16.6. The number of halogens is 2. The molecule has 1 fully saturated rings. The highest BCUT2D eigenvalue weighted by atomic mass is 35.5. The fourth-order valence-electron chi connectivity index (χ4n) is 3.07. The maximum atomic E-state index is 13.3. The maximum absolute atomic E-state index is 13.3. The molecule has 3 heterocycles. The van der Waals surface area contributed by atoms with E-state index in [1.165, 1.54) is 16.8 Å². The predicted octanol–water partition coefficient (Wildman–Crippen LogP) is 3.12. The van der Waals surface area contributed by atoms with Gasteiger partial charge in [-0.05, 0) is 35.6 Å². The highest BCUT2D eigenvalue weighted by Gasteiger charge is 2.24. The first-order chi connectivity index (χ1) is 12.5. The second-order valence-corrected chi connectivity index (χ2v) is 6.44. The Hall–Kier alpha value is -2.94. The van der Waals surface area contributed by atoms with E-state index in [1.54, 1.807) is 24.3 Å². The Labute approximate surface area is 152 Å². The third-order valence-electron chi connectivity index (χ3n) is 4.34. The van der Waals surface area contributed by atoms with Crippen LogP contribution in [-0.2, 0) is 0 Å². The Bertz CT molecular complexity index is 994. The predicted molar refractivity (Wildman–Crippen MR) is 95.3 cm³/mol. The molecular formula is C16H14ClFN6O2. The van der Waals surface area contributed by atoms with Gasteiger partial charge in [-0.25, -0.2) is 9.37 Å². The van der Waals surface area contributed by atoms with Crippen molar-refractivity contribution in [2.24, 2.45) is 0 Å². The van der Waals surface area contributed by atoms with Crippen LogP contribution in [0, 0.1) is 15.9 Å². The zero-order chi connectivity index (χ0) is 18.3. The van der Waals surface area contributed by atoms with Gasteiger partial charge in [-0.3, -0.25) is 0 Å². The minimum atomic E-state index is -0.521. The highest BCUT2D eigenvalue weighted by molar-refractivity contribution is 6.31. The average molecular weight is 377 g/mol. The van der Waals surface area contributed by atoms with E-state index < -0.39 is 10.7 Å². The van der Waals surface area contributed by atoms with Crippen LogP contribution in [0.1, 0.15) is 6.42 Å². The van der Waals surface area contributed by atoms with Crippen molar-refractivity contribution in [3.63, 3.8) is 0 Å². The zero-order valence-electron chi connectivity index (χ0n) is 13.5. The van der Waals surface area contributed by atoms with Gasteiger partial charge in [-0.1, -0.05) is 21.2 Å². The Morgan fingerprint density at radius 3 is 2.96 bits per heavy atom. The number of nitrogens with one attached hydrogen (secondary N) is 1. The molecule has 1 aliphatic rings. The minimum Gasteiger partial charge on any atom is -0.369 e. The minimum absolute atomic E-state index is 0.0958. The standard InChI is InChI=1S/C16H14ClFN6O2/c17-12-7-11(1-2-13(12)18)22-6-5-10(9-22)20-14-3-4-15-19-8-16(24(25)26)23(15)21-14/h1-4,7-8,10H,5-6,9H2,(H,20,21). The lowest BCUT2D eigenvalue weighted by Crippen LogP contribution is -2.26. The van der Waals surface area contributed by atoms with Crippen LogP contribution < -0.4 is 10.2 Å². The molecular weight excluding hydrogens is 363 g/mol. The van der Waals surface area contributed by atoms with Gasteiger partial charge in [0.25, 0.3) is 0 Å². The van der Waals surface area contributed by atoms with Crippen molar-refractivity contribution in [1.29, 1.82) is 0 Å². The summed E-state index contributed by atoms with van der Waals surface area (Å²) in [6.07, 6.45) is 2.03. The molecule has 10 heteroatoms. The lowest BCUT2D eigenvalue weighted by molar-refractivity contribution is -0.391. The van der Waals surface area contributed by atoms with Crippen LogP contribution in [0.3, 0.4) is 0 Å². The number of hydrogen-bond donors (Lipinski definition) is 1. The zero-order valence-corrected chi connectivity index (χ0v) is 14.2. The van der Waals surface area contributed by atoms with E-state index in [0.717, 1.165) is 18.7 Å². The number of fused-ring (bicyclic) bond motifs is 1. The Morgan fingerprint density at radius 1 is 1.35 bits per heavy atom. The summed E-state index contributed by atoms with van der Waals surface area (Å²) >= 11 is 5.85. The molecule has 4 rings (SSSR count). The van der Waals surface area contributed by atoms with E-state index in [-0.39, 0.29) is 16.9 Å². The van der Waals surface area contributed by atoms with Crippen LogP contribution in [-0.4, -0.2) is 38.7 Å². The van der Waals surface area contributed by atoms with E-state index in [4.69, 9.17) is 11.6 Å². The number of aromatic nitrogens is 3. The summed E-state index contributed by atoms with van der Waals surface area (Å²) in [6.45, 7) is 1.47. The highest BCUT2D eigenvalue weighted by Crippen LogP contribution is 2.26. The van der Waals surface area contributed by atoms with Crippen molar-refractivity contribution in [2.75, 3.05) is 23.3 Å². The summed E-state index contributed by atoms with van der Waals surface area (Å²) in [5.74, 6) is -0.0936. The number of nitrogens with zero attached hydrogens (tertiary/aromatic N) is 5. The smallest absolute Gasteiger partial charge is 0.368 e. The van der Waals surface area contributed by atoms with Gasteiger partial charge < -0.3 is 20.3 Å². The maximum Gasteiger partial charge on any atom is 0.368 e. The van der Waals surface area contributed by atoms with Gasteiger partial charge in [0.2, 0.25) is 5.65 Å². The van der Waals surface area contributed by atoms with Gasteiger partial charge in [0, 0.05) is 30.9 Å². The topological polar surface area (TPSA) is 88.6 Å². The second-order valence-electron chi connectivity index (χ2n) is 6.04. The summed E-state index contributed by atoms with van der Waals surface area (Å²) in [5, 5.41) is 18.7. The fourth-order valence-corrected chi connectivity index (χ4v) is 3.24. The van der Waals surface area contributed by atoms with Crippen LogP contribution in [0.25, 0.3) is 5.65 Å². The van der Waals surface area contributed by atoms with Crippen molar-refractivity contribution in [3.05, 3.63) is 57.5 Å². The molecule has 1 N–H and O–H groups in total. The lowest BCUT2D eigenvalue weighted by Gasteiger charge is -2.19. The van der Waals surface area contributed by atoms with Crippen molar-refractivity contribution in [3.8, 4) is 0 Å². The Balaban J connectivity index is 1.50. The number of hydrogen-bond acceptors (Lipinski definition) is 6. The van der Waals surface area contributed by atoms with Crippen LogP contribution in [0.2, 0.25) is 5.02 Å². The first kappa shape index (κ1) is 16.5. The molecule has 3 aromatic rings. The molecule has 0 amide bonds. The van der Waals surface area contributed by atoms with E-state index in [9.17, 15) is 14.5 Å². The summed E-state index contributed by atoms with van der Waals surface area (Å²) < 4.78 is 14.5. The lowest BCUT2D eigenvalue weighted by atomic mass is 10.2. The first-order valence-corrected chi connectivity index (χ1v) is 8.35. The van der Waals surface area contributed by atoms with Gasteiger partial charge in [0.15, 0.2) is 5.82 Å².